The number of anilines is 1. The lowest BCUT2D eigenvalue weighted by molar-refractivity contribution is 0.0479. The van der Waals surface area contributed by atoms with Crippen LogP contribution in [0, 0.1) is 12.7 Å². The highest BCUT2D eigenvalue weighted by molar-refractivity contribution is 5.73. The number of amides is 2. The van der Waals surface area contributed by atoms with Gasteiger partial charge >= 0.3 is 6.03 Å². The second-order valence-corrected chi connectivity index (χ2v) is 6.59. The molecule has 1 unspecified atom stereocenters. The number of hydroxylamine groups is 1. The maximum atomic E-state index is 14.1. The molecule has 1 atom stereocenters. The van der Waals surface area contributed by atoms with Crippen LogP contribution in [0.5, 0.6) is 0 Å². The summed E-state index contributed by atoms with van der Waals surface area (Å²) >= 11 is 0. The first kappa shape index (κ1) is 18.2. The Morgan fingerprint density at radius 2 is 2.08 bits per heavy atom. The Morgan fingerprint density at radius 3 is 2.88 bits per heavy atom. The monoisotopic (exact) mass is 357 g/mol. The summed E-state index contributed by atoms with van der Waals surface area (Å²) in [5, 5.41) is 2.90. The molecule has 26 heavy (non-hydrogen) atoms. The molecule has 0 spiro atoms. The quantitative estimate of drug-likeness (QED) is 0.805. The smallest absolute Gasteiger partial charge is 0.338 e. The van der Waals surface area contributed by atoms with Crippen LogP contribution in [0.1, 0.15) is 24.0 Å². The minimum Gasteiger partial charge on any atom is -0.367 e. The van der Waals surface area contributed by atoms with E-state index in [9.17, 15) is 9.18 Å². The normalized spacial score (nSPS) is 17.0. The van der Waals surface area contributed by atoms with Crippen LogP contribution in [-0.4, -0.2) is 25.2 Å². The Hall–Kier alpha value is -2.60. The Balaban J connectivity index is 1.48. The van der Waals surface area contributed by atoms with E-state index in [1.165, 1.54) is 6.07 Å². The first-order valence-electron chi connectivity index (χ1n) is 8.85. The molecular weight excluding hydrogens is 333 g/mol. The minimum atomic E-state index is -0.377. The van der Waals surface area contributed by atoms with Crippen molar-refractivity contribution in [1.82, 2.24) is 10.8 Å². The summed E-state index contributed by atoms with van der Waals surface area (Å²) in [5.41, 5.74) is 5.00. The van der Waals surface area contributed by atoms with Crippen molar-refractivity contribution in [3.8, 4) is 0 Å². The summed E-state index contributed by atoms with van der Waals surface area (Å²) in [6.45, 7) is 3.61. The highest BCUT2D eigenvalue weighted by atomic mass is 19.1. The van der Waals surface area contributed by atoms with Gasteiger partial charge in [-0.25, -0.2) is 14.7 Å². The van der Waals surface area contributed by atoms with Crippen molar-refractivity contribution in [2.75, 3.05) is 18.0 Å². The predicted octanol–water partition coefficient (Wildman–Crippen LogP) is 3.53. The van der Waals surface area contributed by atoms with Crippen LogP contribution in [0.3, 0.4) is 0 Å². The van der Waals surface area contributed by atoms with Crippen LogP contribution in [0.2, 0.25) is 0 Å². The maximum Gasteiger partial charge on any atom is 0.338 e. The Kier molecular flexibility index (Phi) is 6.07. The van der Waals surface area contributed by atoms with Gasteiger partial charge in [-0.05, 0) is 43.0 Å². The van der Waals surface area contributed by atoms with E-state index in [1.54, 1.807) is 6.07 Å². The molecule has 0 saturated carbocycles. The molecule has 2 aromatic carbocycles. The number of hydrogen-bond donors (Lipinski definition) is 2. The van der Waals surface area contributed by atoms with E-state index in [1.807, 2.05) is 48.2 Å². The van der Waals surface area contributed by atoms with Crippen LogP contribution in [0.25, 0.3) is 0 Å². The number of piperidine rings is 1. The third-order valence-corrected chi connectivity index (χ3v) is 4.45. The number of urea groups is 1. The molecule has 3 rings (SSSR count). The Morgan fingerprint density at radius 1 is 1.27 bits per heavy atom. The fraction of sp³-hybridized carbons (Fsp3) is 0.350. The van der Waals surface area contributed by atoms with Crippen molar-refractivity contribution in [2.45, 2.75) is 32.4 Å². The first-order chi connectivity index (χ1) is 12.6. The van der Waals surface area contributed by atoms with Crippen LogP contribution >= 0.6 is 0 Å². The second kappa shape index (κ2) is 8.67. The van der Waals surface area contributed by atoms with E-state index >= 15 is 0 Å². The fourth-order valence-corrected chi connectivity index (χ4v) is 3.15. The summed E-state index contributed by atoms with van der Waals surface area (Å²) in [6, 6.07) is 14.3. The van der Waals surface area contributed by atoms with E-state index in [4.69, 9.17) is 4.84 Å². The van der Waals surface area contributed by atoms with Gasteiger partial charge in [0.25, 0.3) is 0 Å². The molecule has 0 aromatic heterocycles. The van der Waals surface area contributed by atoms with Crippen molar-refractivity contribution < 1.29 is 14.0 Å². The van der Waals surface area contributed by atoms with Crippen LogP contribution in [-0.2, 0) is 11.4 Å². The largest absolute Gasteiger partial charge is 0.367 e. The summed E-state index contributed by atoms with van der Waals surface area (Å²) < 4.78 is 14.1. The number of nitrogens with zero attached hydrogens (tertiary/aromatic N) is 1. The molecule has 2 aromatic rings. The van der Waals surface area contributed by atoms with Crippen molar-refractivity contribution in [3.63, 3.8) is 0 Å². The van der Waals surface area contributed by atoms with E-state index in [-0.39, 0.29) is 17.9 Å². The number of rotatable bonds is 5. The van der Waals surface area contributed by atoms with Crippen molar-refractivity contribution >= 4 is 11.7 Å². The molecule has 1 fully saturated rings. The number of aryl methyl sites for hydroxylation is 1. The molecule has 1 aliphatic heterocycles. The van der Waals surface area contributed by atoms with Crippen LogP contribution in [0.4, 0.5) is 14.9 Å². The van der Waals surface area contributed by atoms with E-state index in [0.717, 1.165) is 30.5 Å². The van der Waals surface area contributed by atoms with E-state index in [2.05, 4.69) is 10.8 Å². The lowest BCUT2D eigenvalue weighted by Gasteiger charge is -2.35. The summed E-state index contributed by atoms with van der Waals surface area (Å²) in [7, 11) is 0. The van der Waals surface area contributed by atoms with Gasteiger partial charge in [-0.15, -0.1) is 0 Å². The topological polar surface area (TPSA) is 53.6 Å². The summed E-state index contributed by atoms with van der Waals surface area (Å²) in [4.78, 5) is 19.2. The zero-order valence-electron chi connectivity index (χ0n) is 14.9. The molecular formula is C20H24FN3O2. The van der Waals surface area contributed by atoms with Gasteiger partial charge in [-0.2, -0.15) is 0 Å². The summed E-state index contributed by atoms with van der Waals surface area (Å²) in [5.74, 6) is -0.230. The van der Waals surface area contributed by atoms with Gasteiger partial charge in [-0.1, -0.05) is 36.4 Å². The van der Waals surface area contributed by atoms with Gasteiger partial charge in [0.05, 0.1) is 12.3 Å². The molecule has 138 valence electrons. The van der Waals surface area contributed by atoms with Crippen molar-refractivity contribution in [1.29, 1.82) is 0 Å². The molecule has 1 saturated heterocycles. The number of halogens is 1. The van der Waals surface area contributed by atoms with Gasteiger partial charge in [-0.3, -0.25) is 4.84 Å². The first-order valence-corrected chi connectivity index (χ1v) is 8.85. The van der Waals surface area contributed by atoms with Crippen LogP contribution in [0.15, 0.2) is 48.5 Å². The molecule has 5 nitrogen and oxygen atoms in total. The van der Waals surface area contributed by atoms with Crippen molar-refractivity contribution in [2.24, 2.45) is 0 Å². The Labute approximate surface area is 153 Å². The van der Waals surface area contributed by atoms with Crippen molar-refractivity contribution in [3.05, 3.63) is 65.5 Å². The predicted molar refractivity (Wildman–Crippen MR) is 99.3 cm³/mol. The molecule has 2 amide bonds. The zero-order valence-corrected chi connectivity index (χ0v) is 14.9. The Bertz CT molecular complexity index is 739. The number of carbonyl (C=O) groups is 1. The van der Waals surface area contributed by atoms with Gasteiger partial charge in [0, 0.05) is 19.1 Å². The SMILES string of the molecule is Cc1ccc(F)c(N2CCCC(NC(=O)NOCc3ccccc3)C2)c1. The second-order valence-electron chi connectivity index (χ2n) is 6.59. The lowest BCUT2D eigenvalue weighted by Crippen LogP contribution is -2.50. The molecule has 1 aliphatic rings. The number of nitrogens with one attached hydrogen (secondary N) is 2. The van der Waals surface area contributed by atoms with E-state index in [0.29, 0.717) is 18.8 Å². The number of carbonyl (C=O) groups excluding carboxylic acids is 1. The zero-order chi connectivity index (χ0) is 18.4. The standard InChI is InChI=1S/C20H24FN3O2/c1-15-9-10-18(21)19(12-15)24-11-5-8-17(13-24)22-20(25)23-26-14-16-6-3-2-4-7-16/h2-4,6-7,9-10,12,17H,5,8,11,13-14H2,1H3,(H2,22,23,25). The average molecular weight is 357 g/mol. The fourth-order valence-electron chi connectivity index (χ4n) is 3.15. The lowest BCUT2D eigenvalue weighted by atomic mass is 10.0. The summed E-state index contributed by atoms with van der Waals surface area (Å²) in [6.07, 6.45) is 1.75. The third kappa shape index (κ3) is 4.95. The highest BCUT2D eigenvalue weighted by Crippen LogP contribution is 2.24. The average Bonchev–Trinajstić information content (AvgIpc) is 2.65. The molecule has 0 radical (unpaired) electrons. The maximum absolute atomic E-state index is 14.1. The third-order valence-electron chi connectivity index (χ3n) is 4.45. The number of hydrogen-bond acceptors (Lipinski definition) is 3. The highest BCUT2D eigenvalue weighted by Gasteiger charge is 2.23. The van der Waals surface area contributed by atoms with Gasteiger partial charge in [0.2, 0.25) is 0 Å². The molecule has 6 heteroatoms. The number of benzene rings is 2. The van der Waals surface area contributed by atoms with Gasteiger partial charge < -0.3 is 10.2 Å². The van der Waals surface area contributed by atoms with Gasteiger partial charge in [0.15, 0.2) is 0 Å². The molecule has 1 heterocycles. The molecule has 0 bridgehead atoms. The van der Waals surface area contributed by atoms with Gasteiger partial charge in [0.1, 0.15) is 5.82 Å². The minimum absolute atomic E-state index is 0.0519. The molecule has 0 aliphatic carbocycles. The van der Waals surface area contributed by atoms with E-state index < -0.39 is 0 Å². The molecule has 2 N–H and O–H groups in total. The van der Waals surface area contributed by atoms with Crippen LogP contribution < -0.4 is 15.7 Å².